The van der Waals surface area contributed by atoms with Gasteiger partial charge in [0.2, 0.25) is 0 Å². The molecule has 2 aromatic carbocycles. The average molecular weight is 311 g/mol. The molecule has 3 aromatic rings. The standard InChI is InChI=1S/C17H14FN3O2/c1-20(13-7-3-2-4-8-13)17(22)23-21-12-11-16(19-21)14-9-5-6-10-15(14)18/h2-12H,1H3. The second-order valence-electron chi connectivity index (χ2n) is 4.84. The lowest BCUT2D eigenvalue weighted by Gasteiger charge is -2.15. The largest absolute Gasteiger partial charge is 0.440 e. The fourth-order valence-electron chi connectivity index (χ4n) is 2.07. The Balaban J connectivity index is 1.74. The zero-order valence-corrected chi connectivity index (χ0v) is 12.4. The highest BCUT2D eigenvalue weighted by Gasteiger charge is 2.15. The number of amides is 1. The zero-order valence-electron chi connectivity index (χ0n) is 12.4. The first-order valence-corrected chi connectivity index (χ1v) is 6.97. The van der Waals surface area contributed by atoms with Gasteiger partial charge in [-0.1, -0.05) is 35.2 Å². The van der Waals surface area contributed by atoms with Crippen LogP contribution < -0.4 is 9.74 Å². The lowest BCUT2D eigenvalue weighted by Crippen LogP contribution is -2.34. The Bertz CT molecular complexity index is 817. The number of halogens is 1. The molecule has 0 aliphatic heterocycles. The lowest BCUT2D eigenvalue weighted by molar-refractivity contribution is 0.124. The molecule has 0 bridgehead atoms. The number of rotatable bonds is 3. The van der Waals surface area contributed by atoms with Gasteiger partial charge in [0.1, 0.15) is 5.82 Å². The summed E-state index contributed by atoms with van der Waals surface area (Å²) in [5.74, 6) is -0.384. The fourth-order valence-corrected chi connectivity index (χ4v) is 2.07. The van der Waals surface area contributed by atoms with Crippen LogP contribution in [0.1, 0.15) is 0 Å². The minimum Gasteiger partial charge on any atom is -0.299 e. The summed E-state index contributed by atoms with van der Waals surface area (Å²) in [6.07, 6.45) is 0.859. The van der Waals surface area contributed by atoms with Gasteiger partial charge < -0.3 is 0 Å². The molecule has 1 heterocycles. The zero-order chi connectivity index (χ0) is 16.2. The third-order valence-corrected chi connectivity index (χ3v) is 3.31. The highest BCUT2D eigenvalue weighted by Crippen LogP contribution is 2.20. The van der Waals surface area contributed by atoms with E-state index in [9.17, 15) is 9.18 Å². The normalized spacial score (nSPS) is 10.3. The Kier molecular flexibility index (Phi) is 4.05. The van der Waals surface area contributed by atoms with E-state index < -0.39 is 6.09 Å². The van der Waals surface area contributed by atoms with Crippen LogP contribution in [0.5, 0.6) is 0 Å². The minimum atomic E-state index is -0.598. The maximum atomic E-state index is 13.7. The number of carbonyl (C=O) groups excluding carboxylic acids is 1. The molecule has 0 N–H and O–H groups in total. The second kappa shape index (κ2) is 6.31. The van der Waals surface area contributed by atoms with Crippen molar-refractivity contribution >= 4 is 11.8 Å². The molecule has 5 nitrogen and oxygen atoms in total. The van der Waals surface area contributed by atoms with Crippen molar-refractivity contribution in [3.63, 3.8) is 0 Å². The molecule has 1 aromatic heterocycles. The van der Waals surface area contributed by atoms with E-state index in [-0.39, 0.29) is 5.82 Å². The highest BCUT2D eigenvalue weighted by atomic mass is 19.1. The van der Waals surface area contributed by atoms with E-state index in [0.717, 1.165) is 4.85 Å². The van der Waals surface area contributed by atoms with Crippen LogP contribution >= 0.6 is 0 Å². The topological polar surface area (TPSA) is 47.4 Å². The third kappa shape index (κ3) is 3.21. The number of hydrogen-bond acceptors (Lipinski definition) is 3. The van der Waals surface area contributed by atoms with Crippen LogP contribution in [0.4, 0.5) is 14.9 Å². The first kappa shape index (κ1) is 14.8. The van der Waals surface area contributed by atoms with Gasteiger partial charge in [0.25, 0.3) is 0 Å². The fraction of sp³-hybridized carbons (Fsp3) is 0.0588. The van der Waals surface area contributed by atoms with Gasteiger partial charge in [0, 0.05) is 18.3 Å². The van der Waals surface area contributed by atoms with Crippen LogP contribution in [0, 0.1) is 5.82 Å². The van der Waals surface area contributed by atoms with Crippen LogP contribution in [0.2, 0.25) is 0 Å². The van der Waals surface area contributed by atoms with Crippen molar-refractivity contribution in [3.8, 4) is 11.3 Å². The number of carbonyl (C=O) groups is 1. The Labute approximate surface area is 132 Å². The molecule has 0 atom stereocenters. The van der Waals surface area contributed by atoms with Gasteiger partial charge >= 0.3 is 6.09 Å². The van der Waals surface area contributed by atoms with Crippen molar-refractivity contribution in [2.45, 2.75) is 0 Å². The van der Waals surface area contributed by atoms with Gasteiger partial charge in [0.05, 0.1) is 11.9 Å². The maximum Gasteiger partial charge on any atom is 0.440 e. The number of hydrogen-bond donors (Lipinski definition) is 0. The van der Waals surface area contributed by atoms with Crippen molar-refractivity contribution in [2.75, 3.05) is 11.9 Å². The monoisotopic (exact) mass is 311 g/mol. The Morgan fingerprint density at radius 3 is 2.52 bits per heavy atom. The molecule has 6 heteroatoms. The molecule has 0 saturated heterocycles. The Morgan fingerprint density at radius 2 is 1.78 bits per heavy atom. The van der Waals surface area contributed by atoms with Crippen LogP contribution in [0.3, 0.4) is 0 Å². The summed E-state index contributed by atoms with van der Waals surface area (Å²) in [5, 5.41) is 4.06. The van der Waals surface area contributed by atoms with Gasteiger partial charge in [-0.2, -0.15) is 0 Å². The first-order chi connectivity index (χ1) is 11.1. The molecule has 0 aliphatic carbocycles. The van der Waals surface area contributed by atoms with Crippen LogP contribution in [-0.4, -0.2) is 23.1 Å². The Hall–Kier alpha value is -3.15. The average Bonchev–Trinajstić information content (AvgIpc) is 3.03. The van der Waals surface area contributed by atoms with Gasteiger partial charge in [-0.05, 0) is 30.3 Å². The number of para-hydroxylation sites is 1. The van der Waals surface area contributed by atoms with Crippen molar-refractivity contribution in [3.05, 3.63) is 72.7 Å². The maximum absolute atomic E-state index is 13.7. The molecule has 1 amide bonds. The molecule has 3 rings (SSSR count). The summed E-state index contributed by atoms with van der Waals surface area (Å²) in [6, 6.07) is 16.9. The summed E-state index contributed by atoms with van der Waals surface area (Å²) >= 11 is 0. The van der Waals surface area contributed by atoms with Crippen molar-refractivity contribution in [1.29, 1.82) is 0 Å². The highest BCUT2D eigenvalue weighted by molar-refractivity contribution is 5.87. The molecule has 116 valence electrons. The van der Waals surface area contributed by atoms with E-state index >= 15 is 0 Å². The first-order valence-electron chi connectivity index (χ1n) is 6.97. The second-order valence-corrected chi connectivity index (χ2v) is 4.84. The SMILES string of the molecule is CN(C(=O)On1ccc(-c2ccccc2F)n1)c1ccccc1. The van der Waals surface area contributed by atoms with E-state index in [1.165, 1.54) is 17.2 Å². The number of benzene rings is 2. The molecule has 0 radical (unpaired) electrons. The van der Waals surface area contributed by atoms with Crippen LogP contribution in [-0.2, 0) is 0 Å². The van der Waals surface area contributed by atoms with Gasteiger partial charge in [-0.25, -0.2) is 9.18 Å². The van der Waals surface area contributed by atoms with Crippen molar-refractivity contribution in [2.24, 2.45) is 0 Å². The summed E-state index contributed by atoms with van der Waals surface area (Å²) in [7, 11) is 1.60. The van der Waals surface area contributed by atoms with E-state index in [1.807, 2.05) is 18.2 Å². The van der Waals surface area contributed by atoms with Gasteiger partial charge in [-0.3, -0.25) is 9.74 Å². The molecule has 0 unspecified atom stereocenters. The minimum absolute atomic E-state index is 0.346. The molecule has 0 saturated carbocycles. The summed E-state index contributed by atoms with van der Waals surface area (Å²) in [5.41, 5.74) is 1.43. The number of anilines is 1. The number of nitrogens with zero attached hydrogens (tertiary/aromatic N) is 3. The van der Waals surface area contributed by atoms with Gasteiger partial charge in [0.15, 0.2) is 0 Å². The van der Waals surface area contributed by atoms with Crippen molar-refractivity contribution in [1.82, 2.24) is 9.94 Å². The van der Waals surface area contributed by atoms with E-state index in [4.69, 9.17) is 4.84 Å². The molecule has 0 aliphatic rings. The van der Waals surface area contributed by atoms with Crippen molar-refractivity contribution < 1.29 is 14.0 Å². The third-order valence-electron chi connectivity index (χ3n) is 3.31. The summed E-state index contributed by atoms with van der Waals surface area (Å²) < 4.78 is 13.7. The van der Waals surface area contributed by atoms with E-state index in [2.05, 4.69) is 5.10 Å². The summed E-state index contributed by atoms with van der Waals surface area (Å²) in [6.45, 7) is 0. The van der Waals surface area contributed by atoms with Crippen LogP contribution in [0.15, 0.2) is 66.9 Å². The molecule has 0 spiro atoms. The van der Waals surface area contributed by atoms with E-state index in [0.29, 0.717) is 16.9 Å². The molecule has 23 heavy (non-hydrogen) atoms. The van der Waals surface area contributed by atoms with Gasteiger partial charge in [-0.15, -0.1) is 5.10 Å². The molecular formula is C17H14FN3O2. The number of aromatic nitrogens is 2. The predicted octanol–water partition coefficient (Wildman–Crippen LogP) is 3.37. The smallest absolute Gasteiger partial charge is 0.299 e. The summed E-state index contributed by atoms with van der Waals surface area (Å²) in [4.78, 5) is 19.6. The van der Waals surface area contributed by atoms with E-state index in [1.54, 1.807) is 43.4 Å². The molecular weight excluding hydrogens is 297 g/mol. The predicted molar refractivity (Wildman–Crippen MR) is 84.4 cm³/mol. The lowest BCUT2D eigenvalue weighted by atomic mass is 10.1. The Morgan fingerprint density at radius 1 is 1.09 bits per heavy atom. The quantitative estimate of drug-likeness (QED) is 0.745. The van der Waals surface area contributed by atoms with Crippen LogP contribution in [0.25, 0.3) is 11.3 Å². The molecule has 0 fully saturated rings.